The molecule has 0 saturated heterocycles. The monoisotopic (exact) mass is 318 g/mol. The molecular formula is C16H18N2O5. The Hall–Kier alpha value is -3.01. The van der Waals surface area contributed by atoms with Gasteiger partial charge in [-0.05, 0) is 44.5 Å². The number of benzene rings is 1. The van der Waals surface area contributed by atoms with E-state index in [4.69, 9.17) is 25.2 Å². The highest BCUT2D eigenvalue weighted by Gasteiger charge is 2.19. The molecule has 2 N–H and O–H groups in total. The van der Waals surface area contributed by atoms with Crippen molar-refractivity contribution in [1.29, 1.82) is 5.26 Å². The molecule has 0 spiro atoms. The van der Waals surface area contributed by atoms with Gasteiger partial charge in [0.05, 0.1) is 7.11 Å². The van der Waals surface area contributed by atoms with Crippen LogP contribution in [0, 0.1) is 11.3 Å². The Morgan fingerprint density at radius 3 is 2.39 bits per heavy atom. The van der Waals surface area contributed by atoms with Gasteiger partial charge in [-0.3, -0.25) is 4.79 Å². The van der Waals surface area contributed by atoms with Gasteiger partial charge in [0.15, 0.2) is 11.5 Å². The van der Waals surface area contributed by atoms with Crippen LogP contribution < -0.4 is 15.2 Å². The standard InChI is InChI=1S/C16H18N2O5/c1-16(2,3)23-15(20)22-12-6-5-10(8-13(12)21-4)7-11(9-17)14(18)19/h5-8H,1-4H3,(H2,18,19)/b11-7+. The third-order valence-corrected chi connectivity index (χ3v) is 2.47. The van der Waals surface area contributed by atoms with E-state index >= 15 is 0 Å². The summed E-state index contributed by atoms with van der Waals surface area (Å²) < 4.78 is 15.3. The summed E-state index contributed by atoms with van der Waals surface area (Å²) in [7, 11) is 1.39. The number of rotatable bonds is 4. The van der Waals surface area contributed by atoms with Gasteiger partial charge in [-0.25, -0.2) is 4.79 Å². The van der Waals surface area contributed by atoms with Crippen LogP contribution in [0.15, 0.2) is 23.8 Å². The lowest BCUT2D eigenvalue weighted by Gasteiger charge is -2.19. The minimum absolute atomic E-state index is 0.150. The first-order valence-electron chi connectivity index (χ1n) is 6.66. The molecular weight excluding hydrogens is 300 g/mol. The molecule has 1 rings (SSSR count). The van der Waals surface area contributed by atoms with Crippen molar-refractivity contribution in [2.45, 2.75) is 26.4 Å². The summed E-state index contributed by atoms with van der Waals surface area (Å²) in [5.74, 6) is -0.441. The average Bonchev–Trinajstić information content (AvgIpc) is 2.43. The lowest BCUT2D eigenvalue weighted by Crippen LogP contribution is -2.26. The van der Waals surface area contributed by atoms with Crippen LogP contribution in [0.5, 0.6) is 11.5 Å². The lowest BCUT2D eigenvalue weighted by atomic mass is 10.1. The van der Waals surface area contributed by atoms with E-state index in [0.717, 1.165) is 0 Å². The number of methoxy groups -OCH3 is 1. The maximum Gasteiger partial charge on any atom is 0.514 e. The average molecular weight is 318 g/mol. The first-order chi connectivity index (χ1) is 10.7. The van der Waals surface area contributed by atoms with Crippen molar-refractivity contribution in [2.75, 3.05) is 7.11 Å². The van der Waals surface area contributed by atoms with Crippen molar-refractivity contribution in [1.82, 2.24) is 0 Å². The van der Waals surface area contributed by atoms with Crippen LogP contribution in [0.25, 0.3) is 6.08 Å². The first kappa shape index (κ1) is 18.0. The third-order valence-electron chi connectivity index (χ3n) is 2.47. The Morgan fingerprint density at radius 1 is 1.26 bits per heavy atom. The Labute approximate surface area is 134 Å². The number of carbonyl (C=O) groups is 2. The van der Waals surface area contributed by atoms with Gasteiger partial charge >= 0.3 is 6.16 Å². The molecule has 0 aliphatic heterocycles. The Balaban J connectivity index is 3.04. The maximum absolute atomic E-state index is 11.7. The number of ether oxygens (including phenoxy) is 3. The van der Waals surface area contributed by atoms with E-state index in [0.29, 0.717) is 5.56 Å². The van der Waals surface area contributed by atoms with Crippen molar-refractivity contribution < 1.29 is 23.8 Å². The first-order valence-corrected chi connectivity index (χ1v) is 6.66. The van der Waals surface area contributed by atoms with E-state index in [-0.39, 0.29) is 17.1 Å². The number of amides is 1. The quantitative estimate of drug-likeness (QED) is 0.395. The molecule has 0 saturated carbocycles. The zero-order chi connectivity index (χ0) is 17.6. The van der Waals surface area contributed by atoms with Gasteiger partial charge in [-0.15, -0.1) is 0 Å². The molecule has 7 heteroatoms. The van der Waals surface area contributed by atoms with Gasteiger partial charge in [0.25, 0.3) is 5.91 Å². The molecule has 1 aromatic rings. The van der Waals surface area contributed by atoms with E-state index in [1.54, 1.807) is 32.9 Å². The number of nitrogens with zero attached hydrogens (tertiary/aromatic N) is 1. The second-order valence-electron chi connectivity index (χ2n) is 5.51. The summed E-state index contributed by atoms with van der Waals surface area (Å²) in [6.07, 6.45) is 0.441. The third kappa shape index (κ3) is 5.71. The minimum atomic E-state index is -0.867. The predicted octanol–water partition coefficient (Wildman–Crippen LogP) is 2.40. The fraction of sp³-hybridized carbons (Fsp3) is 0.312. The Morgan fingerprint density at radius 2 is 1.91 bits per heavy atom. The van der Waals surface area contributed by atoms with E-state index in [9.17, 15) is 9.59 Å². The molecule has 1 amide bonds. The van der Waals surface area contributed by atoms with Crippen LogP contribution in [-0.4, -0.2) is 24.8 Å². The second-order valence-corrected chi connectivity index (χ2v) is 5.51. The van der Waals surface area contributed by atoms with Crippen molar-refractivity contribution in [3.63, 3.8) is 0 Å². The number of hydrogen-bond acceptors (Lipinski definition) is 6. The summed E-state index contributed by atoms with van der Waals surface area (Å²) >= 11 is 0. The molecule has 0 bridgehead atoms. The molecule has 0 heterocycles. The predicted molar refractivity (Wildman–Crippen MR) is 82.6 cm³/mol. The van der Waals surface area contributed by atoms with Crippen molar-refractivity contribution in [3.8, 4) is 17.6 Å². The summed E-state index contributed by atoms with van der Waals surface area (Å²) in [5, 5.41) is 8.83. The summed E-state index contributed by atoms with van der Waals surface area (Å²) in [6, 6.07) is 6.21. The maximum atomic E-state index is 11.7. The van der Waals surface area contributed by atoms with Gasteiger partial charge < -0.3 is 19.9 Å². The van der Waals surface area contributed by atoms with Gasteiger partial charge in [0.1, 0.15) is 17.2 Å². The number of nitrogens with two attached hydrogens (primary N) is 1. The normalized spacial score (nSPS) is 11.3. The van der Waals surface area contributed by atoms with Crippen molar-refractivity contribution >= 4 is 18.1 Å². The number of nitriles is 1. The van der Waals surface area contributed by atoms with Crippen LogP contribution in [0.1, 0.15) is 26.3 Å². The van der Waals surface area contributed by atoms with Gasteiger partial charge in [0, 0.05) is 0 Å². The fourth-order valence-corrected chi connectivity index (χ4v) is 1.54. The molecule has 0 aromatic heterocycles. The highest BCUT2D eigenvalue weighted by Crippen LogP contribution is 2.29. The highest BCUT2D eigenvalue weighted by atomic mass is 16.7. The molecule has 0 unspecified atom stereocenters. The highest BCUT2D eigenvalue weighted by molar-refractivity contribution is 6.00. The molecule has 0 aliphatic rings. The van der Waals surface area contributed by atoms with Crippen LogP contribution in [0.4, 0.5) is 4.79 Å². The number of primary amides is 1. The zero-order valence-corrected chi connectivity index (χ0v) is 13.4. The Kier molecular flexibility index (Phi) is 5.74. The summed E-state index contributed by atoms with van der Waals surface area (Å²) in [5.41, 5.74) is 4.68. The van der Waals surface area contributed by atoms with E-state index in [1.165, 1.54) is 25.3 Å². The van der Waals surface area contributed by atoms with Gasteiger partial charge in [-0.1, -0.05) is 6.07 Å². The molecule has 7 nitrogen and oxygen atoms in total. The molecule has 1 aromatic carbocycles. The SMILES string of the molecule is COc1cc(/C=C(\C#N)C(N)=O)ccc1OC(=O)OC(C)(C)C. The molecule has 0 fully saturated rings. The topological polar surface area (TPSA) is 112 Å². The lowest BCUT2D eigenvalue weighted by molar-refractivity contribution is -0.114. The molecule has 122 valence electrons. The summed E-state index contributed by atoms with van der Waals surface area (Å²) in [4.78, 5) is 22.7. The van der Waals surface area contributed by atoms with E-state index < -0.39 is 17.7 Å². The molecule has 23 heavy (non-hydrogen) atoms. The van der Waals surface area contributed by atoms with Crippen LogP contribution in [0.3, 0.4) is 0 Å². The molecule has 0 atom stereocenters. The molecule has 0 radical (unpaired) electrons. The minimum Gasteiger partial charge on any atom is -0.493 e. The van der Waals surface area contributed by atoms with Crippen molar-refractivity contribution in [3.05, 3.63) is 29.3 Å². The second kappa shape index (κ2) is 7.31. The molecule has 0 aliphatic carbocycles. The van der Waals surface area contributed by atoms with Crippen LogP contribution >= 0.6 is 0 Å². The summed E-state index contributed by atoms with van der Waals surface area (Å²) in [6.45, 7) is 5.14. The zero-order valence-electron chi connectivity index (χ0n) is 13.4. The van der Waals surface area contributed by atoms with Gasteiger partial charge in [-0.2, -0.15) is 5.26 Å². The van der Waals surface area contributed by atoms with E-state index in [2.05, 4.69) is 0 Å². The van der Waals surface area contributed by atoms with Crippen molar-refractivity contribution in [2.24, 2.45) is 5.73 Å². The number of hydrogen-bond donors (Lipinski definition) is 1. The van der Waals surface area contributed by atoms with Crippen LogP contribution in [0.2, 0.25) is 0 Å². The fourth-order valence-electron chi connectivity index (χ4n) is 1.54. The Bertz CT molecular complexity index is 681. The number of carbonyl (C=O) groups excluding carboxylic acids is 2. The van der Waals surface area contributed by atoms with Crippen LogP contribution in [-0.2, 0) is 9.53 Å². The van der Waals surface area contributed by atoms with Gasteiger partial charge in [0.2, 0.25) is 0 Å². The van der Waals surface area contributed by atoms with E-state index in [1.807, 2.05) is 0 Å². The largest absolute Gasteiger partial charge is 0.514 e. The smallest absolute Gasteiger partial charge is 0.493 e.